The van der Waals surface area contributed by atoms with E-state index in [1.165, 1.54) is 4.57 Å². The Balaban J connectivity index is 2.09. The third-order valence-corrected chi connectivity index (χ3v) is 6.33. The normalized spacial score (nSPS) is 11.7. The van der Waals surface area contributed by atoms with E-state index in [4.69, 9.17) is 0 Å². The average molecular weight is 498 g/mol. The number of hydrogen-bond donors (Lipinski definition) is 1. The number of amides is 1. The highest BCUT2D eigenvalue weighted by atomic mass is 32.2. The van der Waals surface area contributed by atoms with Gasteiger partial charge in [-0.15, -0.1) is 0 Å². The molecule has 0 saturated carbocycles. The molecule has 0 aliphatic heterocycles. The molecule has 0 aliphatic carbocycles. The van der Waals surface area contributed by atoms with Gasteiger partial charge in [-0.05, 0) is 55.3 Å². The zero-order chi connectivity index (χ0) is 25.3. The lowest BCUT2D eigenvalue weighted by Gasteiger charge is -2.13. The summed E-state index contributed by atoms with van der Waals surface area (Å²) in [5.41, 5.74) is 3.45. The van der Waals surface area contributed by atoms with Crippen LogP contribution in [0.3, 0.4) is 0 Å². The van der Waals surface area contributed by atoms with E-state index < -0.39 is 27.6 Å². The Labute approximate surface area is 202 Å². The molecule has 0 aliphatic rings. The van der Waals surface area contributed by atoms with Crippen LogP contribution in [0.2, 0.25) is 0 Å². The number of aromatic nitrogens is 2. The number of benzene rings is 2. The summed E-state index contributed by atoms with van der Waals surface area (Å²) in [4.78, 5) is 17.8. The third-order valence-electron chi connectivity index (χ3n) is 5.77. The number of rotatable bonds is 7. The maximum atomic E-state index is 14.6. The van der Waals surface area contributed by atoms with Gasteiger partial charge >= 0.3 is 0 Å². The lowest BCUT2D eigenvalue weighted by Crippen LogP contribution is -2.31. The van der Waals surface area contributed by atoms with Crippen LogP contribution in [0.1, 0.15) is 40.7 Å². The van der Waals surface area contributed by atoms with Crippen LogP contribution in [0, 0.1) is 18.6 Å². The number of aryl methyl sites for hydroxylation is 2. The van der Waals surface area contributed by atoms with E-state index in [2.05, 4.69) is 11.9 Å². The molecule has 6 nitrogen and oxygen atoms in total. The number of nitrogens with one attached hydrogen (secondary N) is 1. The Hall–Kier alpha value is -3.59. The van der Waals surface area contributed by atoms with E-state index in [1.807, 2.05) is 22.9 Å². The van der Waals surface area contributed by atoms with Gasteiger partial charge in [-0.3, -0.25) is 9.78 Å². The lowest BCUT2D eigenvalue weighted by molar-refractivity contribution is 0.0974. The maximum Gasteiger partial charge on any atom is 0.282 e. The van der Waals surface area contributed by atoms with Gasteiger partial charge in [0.1, 0.15) is 17.3 Å². The first-order valence-electron chi connectivity index (χ1n) is 11.1. The van der Waals surface area contributed by atoms with Gasteiger partial charge in [0, 0.05) is 39.5 Å². The third kappa shape index (κ3) is 5.09. The molecular formula is C26H25F2N3O3S. The van der Waals surface area contributed by atoms with Crippen LogP contribution in [0.5, 0.6) is 0 Å². The summed E-state index contributed by atoms with van der Waals surface area (Å²) < 4.78 is 56.1. The summed E-state index contributed by atoms with van der Waals surface area (Å²) in [5, 5.41) is 0.697. The SMILES string of the molecule is CCCc1ccc2c(c1)c(-c1cccnc1C)c(C(=O)NS(C)(=O)=O)n2Cc1cc(F)ccc1F. The fourth-order valence-electron chi connectivity index (χ4n) is 4.32. The molecule has 0 unspecified atom stereocenters. The highest BCUT2D eigenvalue weighted by Crippen LogP contribution is 2.38. The predicted molar refractivity (Wildman–Crippen MR) is 132 cm³/mol. The molecule has 4 aromatic rings. The van der Waals surface area contributed by atoms with Crippen molar-refractivity contribution in [2.24, 2.45) is 0 Å². The number of nitrogens with zero attached hydrogens (tertiary/aromatic N) is 2. The topological polar surface area (TPSA) is 81.1 Å². The first-order chi connectivity index (χ1) is 16.6. The largest absolute Gasteiger partial charge is 0.331 e. The first-order valence-corrected chi connectivity index (χ1v) is 13.0. The van der Waals surface area contributed by atoms with Crippen LogP contribution in [0.4, 0.5) is 8.78 Å². The number of halogens is 2. The monoisotopic (exact) mass is 497 g/mol. The number of carbonyl (C=O) groups excluding carboxylic acids is 1. The summed E-state index contributed by atoms with van der Waals surface area (Å²) in [7, 11) is -3.90. The molecule has 0 fully saturated rings. The molecule has 1 N–H and O–H groups in total. The van der Waals surface area contributed by atoms with Crippen LogP contribution in [-0.4, -0.2) is 30.1 Å². The smallest absolute Gasteiger partial charge is 0.282 e. The van der Waals surface area contributed by atoms with E-state index in [0.717, 1.165) is 42.9 Å². The number of hydrogen-bond acceptors (Lipinski definition) is 4. The second-order valence-corrected chi connectivity index (χ2v) is 10.2. The first kappa shape index (κ1) is 24.5. The highest BCUT2D eigenvalue weighted by molar-refractivity contribution is 7.89. The van der Waals surface area contributed by atoms with E-state index >= 15 is 0 Å². The Kier molecular flexibility index (Phi) is 6.71. The van der Waals surface area contributed by atoms with Crippen LogP contribution >= 0.6 is 0 Å². The van der Waals surface area contributed by atoms with Crippen LogP contribution in [-0.2, 0) is 23.0 Å². The van der Waals surface area contributed by atoms with Crippen LogP contribution in [0.25, 0.3) is 22.0 Å². The average Bonchev–Trinajstić information content (AvgIpc) is 3.09. The fourth-order valence-corrected chi connectivity index (χ4v) is 4.75. The summed E-state index contributed by atoms with van der Waals surface area (Å²) in [5.74, 6) is -2.12. The molecule has 0 atom stereocenters. The number of fused-ring (bicyclic) bond motifs is 1. The van der Waals surface area contributed by atoms with E-state index in [1.54, 1.807) is 25.3 Å². The Morgan fingerprint density at radius 1 is 1.11 bits per heavy atom. The van der Waals surface area contributed by atoms with E-state index in [9.17, 15) is 22.0 Å². The highest BCUT2D eigenvalue weighted by Gasteiger charge is 2.27. The van der Waals surface area contributed by atoms with E-state index in [-0.39, 0.29) is 17.8 Å². The molecule has 1 amide bonds. The van der Waals surface area contributed by atoms with Gasteiger partial charge < -0.3 is 4.57 Å². The van der Waals surface area contributed by atoms with Crippen molar-refractivity contribution in [3.63, 3.8) is 0 Å². The standard InChI is InChI=1S/C26H25F2N3O3S/c1-4-6-17-8-11-23-21(13-17)24(20-7-5-12-29-16(20)2)25(26(32)30-35(3,33)34)31(23)15-18-14-19(27)9-10-22(18)28/h5,7-14H,4,6,15H2,1-3H3,(H,30,32). The molecule has 182 valence electrons. The van der Waals surface area contributed by atoms with Crippen molar-refractivity contribution in [1.82, 2.24) is 14.3 Å². The molecular weight excluding hydrogens is 472 g/mol. The minimum absolute atomic E-state index is 0.0267. The summed E-state index contributed by atoms with van der Waals surface area (Å²) in [6, 6.07) is 12.3. The van der Waals surface area contributed by atoms with Crippen molar-refractivity contribution in [3.05, 3.63) is 88.9 Å². The Morgan fingerprint density at radius 3 is 2.57 bits per heavy atom. The van der Waals surface area contributed by atoms with Crippen LogP contribution in [0.15, 0.2) is 54.7 Å². The molecule has 4 rings (SSSR count). The molecule has 0 spiro atoms. The molecule has 2 aromatic heterocycles. The zero-order valence-electron chi connectivity index (χ0n) is 19.6. The second-order valence-electron chi connectivity index (χ2n) is 8.49. The van der Waals surface area contributed by atoms with Crippen LogP contribution < -0.4 is 4.72 Å². The van der Waals surface area contributed by atoms with Crippen molar-refractivity contribution in [1.29, 1.82) is 0 Å². The Morgan fingerprint density at radius 2 is 1.89 bits per heavy atom. The van der Waals surface area contributed by atoms with Crippen molar-refractivity contribution in [2.45, 2.75) is 33.2 Å². The van der Waals surface area contributed by atoms with Crippen molar-refractivity contribution in [2.75, 3.05) is 6.26 Å². The number of sulfonamides is 1. The molecule has 0 bridgehead atoms. The van der Waals surface area contributed by atoms with Gasteiger partial charge in [0.2, 0.25) is 10.0 Å². The predicted octanol–water partition coefficient (Wildman–Crippen LogP) is 4.98. The minimum atomic E-state index is -3.90. The summed E-state index contributed by atoms with van der Waals surface area (Å²) >= 11 is 0. The fraction of sp³-hybridized carbons (Fsp3) is 0.231. The number of pyridine rings is 1. The second kappa shape index (κ2) is 9.58. The summed E-state index contributed by atoms with van der Waals surface area (Å²) in [6.45, 7) is 3.66. The molecule has 9 heteroatoms. The van der Waals surface area contributed by atoms with Crippen molar-refractivity contribution in [3.8, 4) is 11.1 Å². The molecule has 2 aromatic carbocycles. The van der Waals surface area contributed by atoms with Gasteiger partial charge in [-0.1, -0.05) is 25.5 Å². The molecule has 2 heterocycles. The number of carbonyl (C=O) groups is 1. The maximum absolute atomic E-state index is 14.6. The van der Waals surface area contributed by atoms with Gasteiger partial charge in [-0.25, -0.2) is 21.9 Å². The summed E-state index contributed by atoms with van der Waals surface area (Å²) in [6.07, 6.45) is 4.22. The molecule has 0 radical (unpaired) electrons. The molecule has 0 saturated heterocycles. The minimum Gasteiger partial charge on any atom is -0.331 e. The van der Waals surface area contributed by atoms with Crippen molar-refractivity contribution >= 4 is 26.8 Å². The van der Waals surface area contributed by atoms with Gasteiger partial charge in [0.05, 0.1) is 12.8 Å². The quantitative estimate of drug-likeness (QED) is 0.391. The van der Waals surface area contributed by atoms with Gasteiger partial charge in [0.15, 0.2) is 0 Å². The zero-order valence-corrected chi connectivity index (χ0v) is 20.4. The molecule has 35 heavy (non-hydrogen) atoms. The van der Waals surface area contributed by atoms with Crippen molar-refractivity contribution < 1.29 is 22.0 Å². The van der Waals surface area contributed by atoms with Gasteiger partial charge in [0.25, 0.3) is 5.91 Å². The van der Waals surface area contributed by atoms with Gasteiger partial charge in [-0.2, -0.15) is 0 Å². The Bertz CT molecular complexity index is 1550. The lowest BCUT2D eigenvalue weighted by atomic mass is 9.98. The van der Waals surface area contributed by atoms with E-state index in [0.29, 0.717) is 27.7 Å².